The smallest absolute Gasteiger partial charge is 0.211 e. The molecule has 0 saturated carbocycles. The van der Waals surface area contributed by atoms with Crippen LogP contribution in [0.4, 0.5) is 0 Å². The number of phenols is 1. The number of aliphatic hydroxyl groups excluding tert-OH is 1. The molecule has 0 heterocycles. The van der Waals surface area contributed by atoms with Crippen LogP contribution in [0.15, 0.2) is 42.5 Å². The van der Waals surface area contributed by atoms with Crippen molar-refractivity contribution >= 4 is 12.6 Å². The van der Waals surface area contributed by atoms with Gasteiger partial charge in [-0.15, -0.1) is 0 Å². The van der Waals surface area contributed by atoms with E-state index in [1.807, 2.05) is 0 Å². The Balaban J connectivity index is 2.15. The average molecular weight is 454 g/mol. The van der Waals surface area contributed by atoms with E-state index < -0.39 is 0 Å². The zero-order valence-electron chi connectivity index (χ0n) is 18.2. The maximum Gasteiger partial charge on any atom is 0.211 e. The third-order valence-electron chi connectivity index (χ3n) is 4.66. The molecule has 2 N–H and O–H groups in total. The second-order valence-electron chi connectivity index (χ2n) is 6.70. The molecule has 0 bridgehead atoms. The Hall–Kier alpha value is -4.24. The van der Waals surface area contributed by atoms with Crippen LogP contribution in [0.3, 0.4) is 0 Å². The first-order valence-electron chi connectivity index (χ1n) is 9.64. The molecule has 0 aromatic heterocycles. The number of aliphatic hydroxyl groups is 1. The molecule has 0 fully saturated rings. The van der Waals surface area contributed by atoms with Crippen molar-refractivity contribution in [2.24, 2.45) is 0 Å². The summed E-state index contributed by atoms with van der Waals surface area (Å²) in [4.78, 5) is 22.8. The van der Waals surface area contributed by atoms with Gasteiger partial charge >= 0.3 is 0 Å². The van der Waals surface area contributed by atoms with E-state index in [2.05, 4.69) is 0 Å². The van der Waals surface area contributed by atoms with Crippen molar-refractivity contribution in [2.75, 3.05) is 21.3 Å². The van der Waals surface area contributed by atoms with Gasteiger partial charge in [0, 0.05) is 11.1 Å². The van der Waals surface area contributed by atoms with Crippen molar-refractivity contribution in [3.05, 3.63) is 59.2 Å². The van der Waals surface area contributed by atoms with Gasteiger partial charge in [-0.25, -0.2) is 0 Å². The Kier molecular flexibility index (Phi) is 7.37. The summed E-state index contributed by atoms with van der Waals surface area (Å²) in [6, 6.07) is 10.3. The quantitative estimate of drug-likeness (QED) is 0.436. The summed E-state index contributed by atoms with van der Waals surface area (Å²) in [6.07, 6.45) is 1.19. The van der Waals surface area contributed by atoms with Gasteiger partial charge in [0.05, 0.1) is 27.9 Å². The molecule has 3 aromatic rings. The number of aromatic hydroxyl groups is 1. The van der Waals surface area contributed by atoms with E-state index in [4.69, 9.17) is 23.7 Å². The van der Waals surface area contributed by atoms with Gasteiger partial charge in [0.1, 0.15) is 12.6 Å². The van der Waals surface area contributed by atoms with Gasteiger partial charge in [-0.05, 0) is 42.0 Å². The summed E-state index contributed by atoms with van der Waals surface area (Å²) in [5.41, 5.74) is 1.05. The lowest BCUT2D eigenvalue weighted by atomic mass is 10.1. The number of ether oxygens (including phenoxy) is 5. The molecule has 3 aromatic carbocycles. The lowest BCUT2D eigenvalue weighted by Gasteiger charge is -2.18. The molecule has 0 amide bonds. The number of phenolic OH excluding ortho intramolecular Hbond substituents is 1. The van der Waals surface area contributed by atoms with Gasteiger partial charge in [-0.2, -0.15) is 0 Å². The fraction of sp³-hybridized carbons (Fsp3) is 0.167. The third-order valence-corrected chi connectivity index (χ3v) is 4.66. The molecule has 33 heavy (non-hydrogen) atoms. The van der Waals surface area contributed by atoms with Gasteiger partial charge < -0.3 is 33.9 Å². The first-order valence-corrected chi connectivity index (χ1v) is 9.64. The highest BCUT2D eigenvalue weighted by molar-refractivity contribution is 5.80. The van der Waals surface area contributed by atoms with Crippen LogP contribution >= 0.6 is 0 Å². The summed E-state index contributed by atoms with van der Waals surface area (Å²) in [7, 11) is 4.15. The highest BCUT2D eigenvalue weighted by Crippen LogP contribution is 2.48. The topological polar surface area (TPSA) is 121 Å². The number of hydrogen-bond acceptors (Lipinski definition) is 9. The predicted molar refractivity (Wildman–Crippen MR) is 117 cm³/mol. The Bertz CT molecular complexity index is 1170. The highest BCUT2D eigenvalue weighted by atomic mass is 16.6. The van der Waals surface area contributed by atoms with Crippen LogP contribution in [0.2, 0.25) is 0 Å². The fourth-order valence-corrected chi connectivity index (χ4v) is 3.02. The molecule has 0 atom stereocenters. The zero-order valence-corrected chi connectivity index (χ0v) is 18.2. The number of aldehydes is 2. The molecule has 9 nitrogen and oxygen atoms in total. The molecule has 0 aliphatic heterocycles. The predicted octanol–water partition coefficient (Wildman–Crippen LogP) is 4.12. The van der Waals surface area contributed by atoms with E-state index >= 15 is 0 Å². The molecular formula is C24H22O9. The summed E-state index contributed by atoms with van der Waals surface area (Å²) in [6.45, 7) is -0.187. The van der Waals surface area contributed by atoms with Crippen molar-refractivity contribution < 1.29 is 43.5 Å². The van der Waals surface area contributed by atoms with Crippen LogP contribution < -0.4 is 23.7 Å². The Morgan fingerprint density at radius 1 is 0.697 bits per heavy atom. The Morgan fingerprint density at radius 2 is 1.27 bits per heavy atom. The number of benzene rings is 3. The number of methoxy groups -OCH3 is 3. The largest absolute Gasteiger partial charge is 0.502 e. The minimum absolute atomic E-state index is 0.0248. The third kappa shape index (κ3) is 4.99. The molecule has 0 spiro atoms. The summed E-state index contributed by atoms with van der Waals surface area (Å²) in [5.74, 6) is 0.417. The van der Waals surface area contributed by atoms with E-state index in [9.17, 15) is 19.8 Å². The Morgan fingerprint density at radius 3 is 1.85 bits per heavy atom. The first kappa shape index (κ1) is 23.4. The van der Waals surface area contributed by atoms with E-state index in [0.29, 0.717) is 23.9 Å². The zero-order chi connectivity index (χ0) is 24.0. The fourth-order valence-electron chi connectivity index (χ4n) is 3.02. The first-order chi connectivity index (χ1) is 16.0. The standard InChI is InChI=1S/C24H22O9/c1-29-18-6-14(11-25)4-5-17(18)32-22-10-16(13-27)9-21(31-3)24(22)33-20-8-15(12-26)7-19(30-2)23(20)28/h4-10,12-13,25,28H,11H2,1-3H3. The minimum atomic E-state index is -0.347. The van der Waals surface area contributed by atoms with Crippen LogP contribution in [-0.4, -0.2) is 44.1 Å². The van der Waals surface area contributed by atoms with Gasteiger partial charge in [0.25, 0.3) is 0 Å². The van der Waals surface area contributed by atoms with Crippen LogP contribution in [0.1, 0.15) is 26.3 Å². The second kappa shape index (κ2) is 10.4. The second-order valence-corrected chi connectivity index (χ2v) is 6.70. The number of carbonyl (C=O) groups is 2. The SMILES string of the molecule is COc1cc(CO)ccc1Oc1cc(C=O)cc(OC)c1Oc1cc(C=O)cc(OC)c1O. The molecule has 0 aliphatic carbocycles. The van der Waals surface area contributed by atoms with E-state index in [1.165, 1.54) is 45.6 Å². The monoisotopic (exact) mass is 454 g/mol. The van der Waals surface area contributed by atoms with Crippen LogP contribution in [-0.2, 0) is 6.61 Å². The molecule has 0 unspecified atom stereocenters. The molecule has 0 aliphatic rings. The molecule has 0 radical (unpaired) electrons. The van der Waals surface area contributed by atoms with E-state index in [1.54, 1.807) is 18.2 Å². The van der Waals surface area contributed by atoms with Gasteiger partial charge in [-0.1, -0.05) is 6.07 Å². The maximum atomic E-state index is 11.5. The lowest BCUT2D eigenvalue weighted by Crippen LogP contribution is -1.99. The van der Waals surface area contributed by atoms with Gasteiger partial charge in [0.15, 0.2) is 34.5 Å². The van der Waals surface area contributed by atoms with E-state index in [0.717, 1.165) is 0 Å². The number of carbonyl (C=O) groups excluding carboxylic acids is 2. The lowest BCUT2D eigenvalue weighted by molar-refractivity contribution is 0.111. The van der Waals surface area contributed by atoms with Crippen molar-refractivity contribution in [1.82, 2.24) is 0 Å². The maximum absolute atomic E-state index is 11.5. The Labute approximate surface area is 189 Å². The van der Waals surface area contributed by atoms with Crippen LogP contribution in [0.25, 0.3) is 0 Å². The van der Waals surface area contributed by atoms with Crippen LogP contribution in [0, 0.1) is 0 Å². The normalized spacial score (nSPS) is 10.3. The summed E-state index contributed by atoms with van der Waals surface area (Å²) < 4.78 is 27.7. The molecule has 0 saturated heterocycles. The molecule has 9 heteroatoms. The van der Waals surface area contributed by atoms with Crippen molar-refractivity contribution in [3.8, 4) is 46.0 Å². The summed E-state index contributed by atoms with van der Waals surface area (Å²) >= 11 is 0. The van der Waals surface area contributed by atoms with Crippen molar-refractivity contribution in [2.45, 2.75) is 6.61 Å². The van der Waals surface area contributed by atoms with Gasteiger partial charge in [-0.3, -0.25) is 9.59 Å². The van der Waals surface area contributed by atoms with Crippen molar-refractivity contribution in [3.63, 3.8) is 0 Å². The summed E-state index contributed by atoms with van der Waals surface area (Å²) in [5, 5.41) is 19.9. The van der Waals surface area contributed by atoms with Crippen molar-refractivity contribution in [1.29, 1.82) is 0 Å². The number of hydrogen-bond donors (Lipinski definition) is 2. The van der Waals surface area contributed by atoms with E-state index in [-0.39, 0.29) is 58.0 Å². The van der Waals surface area contributed by atoms with Gasteiger partial charge in [0.2, 0.25) is 11.5 Å². The molecule has 172 valence electrons. The highest BCUT2D eigenvalue weighted by Gasteiger charge is 2.21. The average Bonchev–Trinajstić information content (AvgIpc) is 2.85. The number of rotatable bonds is 10. The molecule has 3 rings (SSSR count). The minimum Gasteiger partial charge on any atom is -0.502 e. The molecular weight excluding hydrogens is 432 g/mol. The van der Waals surface area contributed by atoms with Crippen LogP contribution in [0.5, 0.6) is 46.0 Å².